The first-order valence-electron chi connectivity index (χ1n) is 9.42. The number of carbonyl (C=O) groups excluding carboxylic acids is 1. The Hall–Kier alpha value is -1.39. The fraction of sp³-hybridized carbons (Fsp3) is 0.474. The van der Waals surface area contributed by atoms with E-state index in [2.05, 4.69) is 31.1 Å². The van der Waals surface area contributed by atoms with Gasteiger partial charge in [-0.1, -0.05) is 50.0 Å². The molecule has 2 amide bonds. The van der Waals surface area contributed by atoms with Gasteiger partial charge in [0.1, 0.15) is 4.90 Å². The lowest BCUT2D eigenvalue weighted by Crippen LogP contribution is -2.53. The standard InChI is InChI=1S/C19H24Cl2N4O3S2/c1-19(2,3)17-23-13(12-29-17)11-22-18(26)24-7-9-25(10-8-24)30(27,28)15-6-4-5-14(20)16(15)21/h4-6,12H,7-11H2,1-3H3,(H,22,26). The van der Waals surface area contributed by atoms with Crippen molar-refractivity contribution >= 4 is 50.6 Å². The van der Waals surface area contributed by atoms with Gasteiger partial charge in [-0.25, -0.2) is 18.2 Å². The summed E-state index contributed by atoms with van der Waals surface area (Å²) in [6.07, 6.45) is 0. The van der Waals surface area contributed by atoms with Crippen molar-refractivity contribution in [1.82, 2.24) is 19.5 Å². The monoisotopic (exact) mass is 490 g/mol. The number of hydrogen-bond donors (Lipinski definition) is 1. The van der Waals surface area contributed by atoms with E-state index in [1.54, 1.807) is 22.3 Å². The molecule has 0 bridgehead atoms. The van der Waals surface area contributed by atoms with Gasteiger partial charge in [-0.05, 0) is 12.1 Å². The summed E-state index contributed by atoms with van der Waals surface area (Å²) < 4.78 is 27.1. The molecule has 0 atom stereocenters. The summed E-state index contributed by atoms with van der Waals surface area (Å²) in [5, 5.41) is 6.02. The van der Waals surface area contributed by atoms with Crippen LogP contribution in [0.4, 0.5) is 4.79 Å². The van der Waals surface area contributed by atoms with E-state index < -0.39 is 10.0 Å². The number of thiazole rings is 1. The first-order valence-corrected chi connectivity index (χ1v) is 12.5. The maximum atomic E-state index is 12.9. The molecule has 11 heteroatoms. The predicted octanol–water partition coefficient (Wildman–Crippen LogP) is 3.96. The molecular weight excluding hydrogens is 467 g/mol. The van der Waals surface area contributed by atoms with Crippen molar-refractivity contribution in [2.24, 2.45) is 0 Å². The Morgan fingerprint density at radius 2 is 1.87 bits per heavy atom. The molecule has 30 heavy (non-hydrogen) atoms. The normalized spacial score (nSPS) is 16.0. The van der Waals surface area contributed by atoms with Crippen LogP contribution in [0.1, 0.15) is 31.5 Å². The number of aromatic nitrogens is 1. The number of nitrogens with zero attached hydrogens (tertiary/aromatic N) is 3. The lowest BCUT2D eigenvalue weighted by molar-refractivity contribution is 0.172. The average Bonchev–Trinajstić information content (AvgIpc) is 3.18. The van der Waals surface area contributed by atoms with Crippen molar-refractivity contribution in [3.8, 4) is 0 Å². The molecular formula is C19H24Cl2N4O3S2. The Labute approximate surface area is 191 Å². The number of piperazine rings is 1. The van der Waals surface area contributed by atoms with Crippen LogP contribution in [0.15, 0.2) is 28.5 Å². The maximum absolute atomic E-state index is 12.9. The zero-order chi connectivity index (χ0) is 22.1. The number of hydrogen-bond acceptors (Lipinski definition) is 5. The van der Waals surface area contributed by atoms with E-state index in [4.69, 9.17) is 23.2 Å². The van der Waals surface area contributed by atoms with E-state index in [9.17, 15) is 13.2 Å². The van der Waals surface area contributed by atoms with Crippen LogP contribution in [0.3, 0.4) is 0 Å². The van der Waals surface area contributed by atoms with Crippen molar-refractivity contribution < 1.29 is 13.2 Å². The maximum Gasteiger partial charge on any atom is 0.317 e. The van der Waals surface area contributed by atoms with Crippen LogP contribution >= 0.6 is 34.5 Å². The zero-order valence-electron chi connectivity index (χ0n) is 17.0. The molecule has 3 rings (SSSR count). The third kappa shape index (κ3) is 5.08. The average molecular weight is 491 g/mol. The Morgan fingerprint density at radius 3 is 2.47 bits per heavy atom. The Bertz CT molecular complexity index is 1030. The van der Waals surface area contributed by atoms with Gasteiger partial charge in [-0.3, -0.25) is 0 Å². The van der Waals surface area contributed by atoms with Crippen molar-refractivity contribution in [2.75, 3.05) is 26.2 Å². The molecule has 0 saturated carbocycles. The minimum atomic E-state index is -3.78. The summed E-state index contributed by atoms with van der Waals surface area (Å²) in [7, 11) is -3.78. The van der Waals surface area contributed by atoms with Crippen molar-refractivity contribution in [3.05, 3.63) is 44.3 Å². The molecule has 164 valence electrons. The number of benzene rings is 1. The fourth-order valence-corrected chi connectivity index (χ4v) is 6.03. The molecule has 1 fully saturated rings. The highest BCUT2D eigenvalue weighted by Crippen LogP contribution is 2.31. The molecule has 0 spiro atoms. The summed E-state index contributed by atoms with van der Waals surface area (Å²) in [6, 6.07) is 4.28. The van der Waals surface area contributed by atoms with Gasteiger partial charge < -0.3 is 10.2 Å². The quantitative estimate of drug-likeness (QED) is 0.702. The molecule has 1 aliphatic heterocycles. The smallest absolute Gasteiger partial charge is 0.317 e. The molecule has 1 saturated heterocycles. The molecule has 2 aromatic rings. The number of carbonyl (C=O) groups is 1. The number of urea groups is 1. The van der Waals surface area contributed by atoms with Crippen molar-refractivity contribution in [2.45, 2.75) is 37.6 Å². The van der Waals surface area contributed by atoms with Crippen LogP contribution in [-0.4, -0.2) is 54.8 Å². The van der Waals surface area contributed by atoms with E-state index in [0.717, 1.165) is 10.7 Å². The van der Waals surface area contributed by atoms with Gasteiger partial charge in [0.05, 0.1) is 27.3 Å². The van der Waals surface area contributed by atoms with E-state index >= 15 is 0 Å². The van der Waals surface area contributed by atoms with Gasteiger partial charge in [0.15, 0.2) is 0 Å². The molecule has 1 N–H and O–H groups in total. The zero-order valence-corrected chi connectivity index (χ0v) is 20.1. The van der Waals surface area contributed by atoms with Gasteiger partial charge in [-0.15, -0.1) is 11.3 Å². The Balaban J connectivity index is 1.56. The van der Waals surface area contributed by atoms with Gasteiger partial charge >= 0.3 is 6.03 Å². The summed E-state index contributed by atoms with van der Waals surface area (Å²) in [6.45, 7) is 7.56. The molecule has 0 unspecified atom stereocenters. The Kier molecular flexibility index (Phi) is 6.98. The van der Waals surface area contributed by atoms with Crippen LogP contribution in [0.25, 0.3) is 0 Å². The minimum Gasteiger partial charge on any atom is -0.332 e. The Morgan fingerprint density at radius 1 is 1.20 bits per heavy atom. The van der Waals surface area contributed by atoms with E-state index in [-0.39, 0.29) is 52.6 Å². The van der Waals surface area contributed by atoms with E-state index in [1.807, 2.05) is 5.38 Å². The van der Waals surface area contributed by atoms with E-state index in [1.165, 1.54) is 16.4 Å². The SMILES string of the molecule is CC(C)(C)c1nc(CNC(=O)N2CCN(S(=O)(=O)c3cccc(Cl)c3Cl)CC2)cs1. The number of rotatable bonds is 4. The number of amides is 2. The summed E-state index contributed by atoms with van der Waals surface area (Å²) >= 11 is 13.6. The van der Waals surface area contributed by atoms with Crippen molar-refractivity contribution in [3.63, 3.8) is 0 Å². The second kappa shape index (κ2) is 9.00. The number of sulfonamides is 1. The predicted molar refractivity (Wildman–Crippen MR) is 120 cm³/mol. The molecule has 1 aromatic heterocycles. The second-order valence-electron chi connectivity index (χ2n) is 8.00. The van der Waals surface area contributed by atoms with Gasteiger partial charge in [0, 0.05) is 37.0 Å². The summed E-state index contributed by atoms with van der Waals surface area (Å²) in [4.78, 5) is 18.6. The molecule has 2 heterocycles. The highest BCUT2D eigenvalue weighted by Gasteiger charge is 2.32. The number of nitrogens with one attached hydrogen (secondary N) is 1. The minimum absolute atomic E-state index is 0.0113. The van der Waals surface area contributed by atoms with Crippen LogP contribution in [0.5, 0.6) is 0 Å². The summed E-state index contributed by atoms with van der Waals surface area (Å²) in [5.74, 6) is 0. The van der Waals surface area contributed by atoms with Crippen LogP contribution < -0.4 is 5.32 Å². The topological polar surface area (TPSA) is 82.6 Å². The third-order valence-electron chi connectivity index (χ3n) is 4.67. The third-order valence-corrected chi connectivity index (χ3v) is 8.86. The van der Waals surface area contributed by atoms with Crippen LogP contribution in [0, 0.1) is 0 Å². The van der Waals surface area contributed by atoms with E-state index in [0.29, 0.717) is 6.54 Å². The second-order valence-corrected chi connectivity index (χ2v) is 11.5. The molecule has 7 nitrogen and oxygen atoms in total. The van der Waals surface area contributed by atoms with Crippen molar-refractivity contribution in [1.29, 1.82) is 0 Å². The lowest BCUT2D eigenvalue weighted by Gasteiger charge is -2.34. The first kappa shape index (κ1) is 23.3. The molecule has 1 aromatic carbocycles. The molecule has 0 aliphatic carbocycles. The molecule has 0 radical (unpaired) electrons. The van der Waals surface area contributed by atoms with Gasteiger partial charge in [0.25, 0.3) is 0 Å². The lowest BCUT2D eigenvalue weighted by atomic mass is 9.98. The van der Waals surface area contributed by atoms with Gasteiger partial charge in [-0.2, -0.15) is 4.31 Å². The number of halogens is 2. The highest BCUT2D eigenvalue weighted by molar-refractivity contribution is 7.89. The largest absolute Gasteiger partial charge is 0.332 e. The van der Waals surface area contributed by atoms with Gasteiger partial charge in [0.2, 0.25) is 10.0 Å². The van der Waals surface area contributed by atoms with Crippen LogP contribution in [-0.2, 0) is 22.0 Å². The highest BCUT2D eigenvalue weighted by atomic mass is 35.5. The molecule has 1 aliphatic rings. The van der Waals surface area contributed by atoms with Crippen LogP contribution in [0.2, 0.25) is 10.0 Å². The summed E-state index contributed by atoms with van der Waals surface area (Å²) in [5.41, 5.74) is 0.788. The fourth-order valence-electron chi connectivity index (χ4n) is 2.96. The first-order chi connectivity index (χ1) is 14.0.